The van der Waals surface area contributed by atoms with Crippen molar-refractivity contribution in [2.45, 2.75) is 72.4 Å². The van der Waals surface area contributed by atoms with Crippen LogP contribution in [0.1, 0.15) is 60.3 Å². The van der Waals surface area contributed by atoms with Crippen LogP contribution in [0.5, 0.6) is 0 Å². The summed E-state index contributed by atoms with van der Waals surface area (Å²) in [6.07, 6.45) is 5.67. The molecule has 1 fully saturated rings. The van der Waals surface area contributed by atoms with Crippen LogP contribution in [-0.2, 0) is 4.74 Å². The van der Waals surface area contributed by atoms with Gasteiger partial charge in [-0.1, -0.05) is 27.7 Å². The highest BCUT2D eigenvalue weighted by Crippen LogP contribution is 2.37. The van der Waals surface area contributed by atoms with Crippen molar-refractivity contribution in [2.75, 3.05) is 13.2 Å². The van der Waals surface area contributed by atoms with Gasteiger partial charge in [0.25, 0.3) is 0 Å². The van der Waals surface area contributed by atoms with Crippen molar-refractivity contribution in [3.8, 4) is 0 Å². The topological polar surface area (TPSA) is 21.3 Å². The van der Waals surface area contributed by atoms with Crippen LogP contribution in [0.15, 0.2) is 0 Å². The first-order chi connectivity index (χ1) is 7.98. The summed E-state index contributed by atoms with van der Waals surface area (Å²) in [5, 5.41) is 3.64. The van der Waals surface area contributed by atoms with Gasteiger partial charge in [0.1, 0.15) is 0 Å². The van der Waals surface area contributed by atoms with Gasteiger partial charge in [0, 0.05) is 12.6 Å². The van der Waals surface area contributed by atoms with Crippen LogP contribution >= 0.6 is 0 Å². The number of nitrogens with one attached hydrogen (secondary N) is 1. The summed E-state index contributed by atoms with van der Waals surface area (Å²) in [6, 6.07) is 0.548. The molecule has 0 aromatic rings. The molecule has 2 nitrogen and oxygen atoms in total. The molecule has 2 unspecified atom stereocenters. The molecule has 0 aromatic carbocycles. The molecule has 0 heterocycles. The molecule has 1 aliphatic rings. The number of ether oxygens (including phenoxy) is 1. The fourth-order valence-electron chi connectivity index (χ4n) is 2.43. The van der Waals surface area contributed by atoms with E-state index in [0.717, 1.165) is 19.1 Å². The maximum Gasteiger partial charge on any atom is 0.0755 e. The second kappa shape index (κ2) is 6.75. The highest BCUT2D eigenvalue weighted by atomic mass is 16.5. The molecule has 1 aliphatic carbocycles. The minimum absolute atomic E-state index is 0.425. The SMILES string of the molecule is CCNC(CCC(C)(C)C)C(OCC)C1CC1. The van der Waals surface area contributed by atoms with E-state index >= 15 is 0 Å². The average molecular weight is 241 g/mol. The zero-order valence-corrected chi connectivity index (χ0v) is 12.4. The molecule has 0 aromatic heterocycles. The van der Waals surface area contributed by atoms with Crippen LogP contribution in [0.25, 0.3) is 0 Å². The Labute approximate surface area is 108 Å². The van der Waals surface area contributed by atoms with Crippen molar-refractivity contribution in [3.63, 3.8) is 0 Å². The average Bonchev–Trinajstić information content (AvgIpc) is 3.03. The lowest BCUT2D eigenvalue weighted by molar-refractivity contribution is 0.0148. The lowest BCUT2D eigenvalue weighted by atomic mass is 9.87. The number of hydrogen-bond donors (Lipinski definition) is 1. The van der Waals surface area contributed by atoms with Gasteiger partial charge in [0.15, 0.2) is 0 Å². The quantitative estimate of drug-likeness (QED) is 0.701. The fraction of sp³-hybridized carbons (Fsp3) is 1.00. The number of likely N-dealkylation sites (N-methyl/N-ethyl adjacent to an activating group) is 1. The molecule has 0 bridgehead atoms. The van der Waals surface area contributed by atoms with Gasteiger partial charge in [0.2, 0.25) is 0 Å². The van der Waals surface area contributed by atoms with Crippen LogP contribution in [0.3, 0.4) is 0 Å². The smallest absolute Gasteiger partial charge is 0.0755 e. The van der Waals surface area contributed by atoms with Gasteiger partial charge in [-0.3, -0.25) is 0 Å². The van der Waals surface area contributed by atoms with Crippen LogP contribution < -0.4 is 5.32 Å². The molecule has 0 amide bonds. The van der Waals surface area contributed by atoms with E-state index < -0.39 is 0 Å². The molecule has 2 heteroatoms. The minimum atomic E-state index is 0.425. The van der Waals surface area contributed by atoms with Gasteiger partial charge in [-0.15, -0.1) is 0 Å². The van der Waals surface area contributed by atoms with Crippen molar-refractivity contribution in [3.05, 3.63) is 0 Å². The third-order valence-electron chi connectivity index (χ3n) is 3.51. The molecule has 1 rings (SSSR count). The van der Waals surface area contributed by atoms with Crippen molar-refractivity contribution < 1.29 is 4.74 Å². The Balaban J connectivity index is 2.49. The van der Waals surface area contributed by atoms with E-state index in [4.69, 9.17) is 4.74 Å². The molecular formula is C15H31NO. The van der Waals surface area contributed by atoms with E-state index in [0.29, 0.717) is 17.6 Å². The standard InChI is InChI=1S/C15H31NO/c1-6-16-13(10-11-15(3,4)5)14(17-7-2)12-8-9-12/h12-14,16H,6-11H2,1-5H3. The van der Waals surface area contributed by atoms with Gasteiger partial charge >= 0.3 is 0 Å². The molecule has 1 saturated carbocycles. The predicted octanol–water partition coefficient (Wildman–Crippen LogP) is 3.61. The zero-order valence-electron chi connectivity index (χ0n) is 12.4. The van der Waals surface area contributed by atoms with Gasteiger partial charge in [-0.05, 0) is 50.5 Å². The summed E-state index contributed by atoms with van der Waals surface area (Å²) in [6.45, 7) is 13.2. The summed E-state index contributed by atoms with van der Waals surface area (Å²) in [5.41, 5.74) is 0.425. The van der Waals surface area contributed by atoms with Crippen molar-refractivity contribution >= 4 is 0 Å². The first-order valence-electron chi connectivity index (χ1n) is 7.33. The molecule has 0 saturated heterocycles. The Morgan fingerprint density at radius 1 is 1.24 bits per heavy atom. The van der Waals surface area contributed by atoms with E-state index in [2.05, 4.69) is 39.9 Å². The number of hydrogen-bond acceptors (Lipinski definition) is 2. The van der Waals surface area contributed by atoms with E-state index in [1.54, 1.807) is 0 Å². The lowest BCUT2D eigenvalue weighted by Gasteiger charge is -2.30. The van der Waals surface area contributed by atoms with Gasteiger partial charge in [-0.2, -0.15) is 0 Å². The van der Waals surface area contributed by atoms with Gasteiger partial charge in [0.05, 0.1) is 6.10 Å². The summed E-state index contributed by atoms with van der Waals surface area (Å²) in [4.78, 5) is 0. The van der Waals surface area contributed by atoms with Crippen molar-refractivity contribution in [2.24, 2.45) is 11.3 Å². The Bertz CT molecular complexity index is 205. The van der Waals surface area contributed by atoms with E-state index in [9.17, 15) is 0 Å². The molecule has 0 radical (unpaired) electrons. The van der Waals surface area contributed by atoms with Crippen LogP contribution in [0, 0.1) is 11.3 Å². The van der Waals surface area contributed by atoms with Crippen LogP contribution in [0.4, 0.5) is 0 Å². The van der Waals surface area contributed by atoms with E-state index in [1.165, 1.54) is 25.7 Å². The normalized spacial score (nSPS) is 20.3. The Hall–Kier alpha value is -0.0800. The fourth-order valence-corrected chi connectivity index (χ4v) is 2.43. The second-order valence-electron chi connectivity index (χ2n) is 6.52. The lowest BCUT2D eigenvalue weighted by Crippen LogP contribution is -2.43. The molecule has 1 N–H and O–H groups in total. The maximum absolute atomic E-state index is 5.98. The molecule has 2 atom stereocenters. The zero-order chi connectivity index (χ0) is 12.9. The summed E-state index contributed by atoms with van der Waals surface area (Å²) < 4.78 is 5.98. The molecule has 102 valence electrons. The van der Waals surface area contributed by atoms with Crippen molar-refractivity contribution in [1.82, 2.24) is 5.32 Å². The highest BCUT2D eigenvalue weighted by Gasteiger charge is 2.37. The first kappa shape index (κ1) is 15.0. The monoisotopic (exact) mass is 241 g/mol. The second-order valence-corrected chi connectivity index (χ2v) is 6.52. The largest absolute Gasteiger partial charge is 0.377 e. The van der Waals surface area contributed by atoms with Crippen LogP contribution in [0.2, 0.25) is 0 Å². The first-order valence-corrected chi connectivity index (χ1v) is 7.33. The third kappa shape index (κ3) is 5.87. The molecule has 0 spiro atoms. The van der Waals surface area contributed by atoms with Gasteiger partial charge < -0.3 is 10.1 Å². The summed E-state index contributed by atoms with van der Waals surface area (Å²) in [5.74, 6) is 0.818. The predicted molar refractivity (Wildman–Crippen MR) is 74.3 cm³/mol. The van der Waals surface area contributed by atoms with E-state index in [1.807, 2.05) is 0 Å². The summed E-state index contributed by atoms with van der Waals surface area (Å²) >= 11 is 0. The molecule has 17 heavy (non-hydrogen) atoms. The summed E-state index contributed by atoms with van der Waals surface area (Å²) in [7, 11) is 0. The highest BCUT2D eigenvalue weighted by molar-refractivity contribution is 4.90. The maximum atomic E-state index is 5.98. The Kier molecular flexibility index (Phi) is 5.94. The van der Waals surface area contributed by atoms with E-state index in [-0.39, 0.29) is 0 Å². The minimum Gasteiger partial charge on any atom is -0.377 e. The number of rotatable bonds is 8. The molecular weight excluding hydrogens is 210 g/mol. The molecule has 0 aliphatic heterocycles. The van der Waals surface area contributed by atoms with Gasteiger partial charge in [-0.25, -0.2) is 0 Å². The Morgan fingerprint density at radius 2 is 1.88 bits per heavy atom. The third-order valence-corrected chi connectivity index (χ3v) is 3.51. The Morgan fingerprint density at radius 3 is 2.29 bits per heavy atom. The van der Waals surface area contributed by atoms with Crippen LogP contribution in [-0.4, -0.2) is 25.3 Å². The van der Waals surface area contributed by atoms with Crippen molar-refractivity contribution in [1.29, 1.82) is 0 Å².